The lowest BCUT2D eigenvalue weighted by molar-refractivity contribution is -0.222. The Hall–Kier alpha value is -0.120. The van der Waals surface area contributed by atoms with Gasteiger partial charge >= 0.3 is 0 Å². The largest absolute Gasteiger partial charge is 0.393 e. The third-order valence-electron chi connectivity index (χ3n) is 9.41. The lowest BCUT2D eigenvalue weighted by atomic mass is 9.43. The fraction of sp³-hybridized carbons (Fsp3) is 1.00. The molecule has 3 heteroatoms. The smallest absolute Gasteiger partial charge is 0.0836 e. The van der Waals surface area contributed by atoms with E-state index in [1.165, 1.54) is 32.1 Å². The number of aliphatic hydroxyl groups is 3. The summed E-state index contributed by atoms with van der Waals surface area (Å²) in [7, 11) is 0. The van der Waals surface area contributed by atoms with E-state index < -0.39 is 12.2 Å². The molecule has 3 nitrogen and oxygen atoms in total. The second-order valence-corrected chi connectivity index (χ2v) is 10.0. The van der Waals surface area contributed by atoms with Gasteiger partial charge < -0.3 is 15.3 Å². The van der Waals surface area contributed by atoms with E-state index in [1.807, 2.05) is 0 Å². The fourth-order valence-electron chi connectivity index (χ4n) is 8.02. The van der Waals surface area contributed by atoms with Crippen molar-refractivity contribution >= 4 is 0 Å². The minimum Gasteiger partial charge on any atom is -0.393 e. The molecule has 0 aromatic rings. The molecular weight excluding hydrogens is 300 g/mol. The van der Waals surface area contributed by atoms with E-state index in [0.717, 1.165) is 18.8 Å². The van der Waals surface area contributed by atoms with Crippen LogP contribution in [0.15, 0.2) is 0 Å². The van der Waals surface area contributed by atoms with Crippen molar-refractivity contribution in [2.45, 2.75) is 90.4 Å². The van der Waals surface area contributed by atoms with Crippen LogP contribution in [-0.4, -0.2) is 33.6 Å². The molecule has 3 N–H and O–H groups in total. The number of hydrogen-bond donors (Lipinski definition) is 3. The van der Waals surface area contributed by atoms with Crippen molar-refractivity contribution in [1.29, 1.82) is 0 Å². The molecule has 4 rings (SSSR count). The Morgan fingerprint density at radius 2 is 1.46 bits per heavy atom. The van der Waals surface area contributed by atoms with Crippen molar-refractivity contribution in [3.8, 4) is 0 Å². The lowest BCUT2D eigenvalue weighted by Gasteiger charge is -2.63. The Balaban J connectivity index is 1.70. The van der Waals surface area contributed by atoms with E-state index in [0.29, 0.717) is 23.7 Å². The molecule has 0 aromatic carbocycles. The summed E-state index contributed by atoms with van der Waals surface area (Å²) in [6.07, 6.45) is 7.21. The Bertz CT molecular complexity index is 493. The molecule has 0 radical (unpaired) electrons. The lowest BCUT2D eigenvalue weighted by Crippen LogP contribution is -2.64. The predicted octanol–water partition coefficient (Wildman–Crippen LogP) is 3.36. The number of fused-ring (bicyclic) bond motifs is 5. The van der Waals surface area contributed by atoms with Crippen molar-refractivity contribution in [2.75, 3.05) is 0 Å². The highest BCUT2D eigenvalue weighted by Gasteiger charge is 2.64. The zero-order valence-electron chi connectivity index (χ0n) is 15.6. The van der Waals surface area contributed by atoms with Gasteiger partial charge in [0, 0.05) is 0 Å². The summed E-state index contributed by atoms with van der Waals surface area (Å²) in [5.41, 5.74) is 0.447. The minimum absolute atomic E-state index is 0.0604. The second kappa shape index (κ2) is 5.69. The topological polar surface area (TPSA) is 60.7 Å². The number of hydrogen-bond acceptors (Lipinski definition) is 3. The minimum atomic E-state index is -0.658. The Labute approximate surface area is 146 Å². The number of aliphatic hydroxyl groups excluding tert-OH is 3. The zero-order chi connectivity index (χ0) is 17.3. The van der Waals surface area contributed by atoms with Gasteiger partial charge in [0.2, 0.25) is 0 Å². The molecule has 4 fully saturated rings. The molecule has 0 spiro atoms. The fourth-order valence-corrected chi connectivity index (χ4v) is 8.02. The summed E-state index contributed by atoms with van der Waals surface area (Å²) in [6.45, 7) is 7.13. The summed E-state index contributed by atoms with van der Waals surface area (Å²) in [5, 5.41) is 32.2. The molecule has 138 valence electrons. The quantitative estimate of drug-likeness (QED) is 0.688. The maximum atomic E-state index is 11.1. The monoisotopic (exact) mass is 336 g/mol. The predicted molar refractivity (Wildman–Crippen MR) is 94.3 cm³/mol. The van der Waals surface area contributed by atoms with E-state index in [9.17, 15) is 15.3 Å². The Morgan fingerprint density at radius 1 is 0.792 bits per heavy atom. The molecule has 10 atom stereocenters. The highest BCUT2D eigenvalue weighted by atomic mass is 16.3. The van der Waals surface area contributed by atoms with Crippen LogP contribution in [0, 0.1) is 40.4 Å². The molecular formula is C21H36O3. The maximum Gasteiger partial charge on any atom is 0.0836 e. The summed E-state index contributed by atoms with van der Waals surface area (Å²) in [6, 6.07) is 0. The van der Waals surface area contributed by atoms with Crippen LogP contribution in [0.5, 0.6) is 0 Å². The maximum absolute atomic E-state index is 11.1. The van der Waals surface area contributed by atoms with Crippen molar-refractivity contribution in [2.24, 2.45) is 40.4 Å². The van der Waals surface area contributed by atoms with Crippen molar-refractivity contribution in [1.82, 2.24) is 0 Å². The molecule has 0 heterocycles. The molecule has 0 aromatic heterocycles. The van der Waals surface area contributed by atoms with Gasteiger partial charge in [-0.25, -0.2) is 0 Å². The average molecular weight is 337 g/mol. The summed E-state index contributed by atoms with van der Waals surface area (Å²) >= 11 is 0. The van der Waals surface area contributed by atoms with Crippen molar-refractivity contribution in [3.05, 3.63) is 0 Å². The first-order chi connectivity index (χ1) is 11.3. The van der Waals surface area contributed by atoms with Gasteiger partial charge in [-0.1, -0.05) is 27.2 Å². The first-order valence-corrected chi connectivity index (χ1v) is 10.4. The zero-order valence-corrected chi connectivity index (χ0v) is 15.6. The van der Waals surface area contributed by atoms with Gasteiger partial charge in [-0.15, -0.1) is 0 Å². The first kappa shape index (κ1) is 17.3. The molecule has 4 saturated carbocycles. The van der Waals surface area contributed by atoms with Gasteiger partial charge in [-0.3, -0.25) is 0 Å². The van der Waals surface area contributed by atoms with Crippen LogP contribution in [-0.2, 0) is 0 Å². The molecule has 0 amide bonds. The molecule has 4 aliphatic carbocycles. The van der Waals surface area contributed by atoms with Crippen LogP contribution >= 0.6 is 0 Å². The second-order valence-electron chi connectivity index (χ2n) is 10.0. The van der Waals surface area contributed by atoms with E-state index in [2.05, 4.69) is 20.8 Å². The van der Waals surface area contributed by atoms with Crippen molar-refractivity contribution in [3.63, 3.8) is 0 Å². The van der Waals surface area contributed by atoms with Crippen LogP contribution in [0.2, 0.25) is 0 Å². The third kappa shape index (κ3) is 2.13. The first-order valence-electron chi connectivity index (χ1n) is 10.4. The van der Waals surface area contributed by atoms with Gasteiger partial charge in [0.25, 0.3) is 0 Å². The molecule has 5 unspecified atom stereocenters. The molecule has 0 aliphatic heterocycles. The summed E-state index contributed by atoms with van der Waals surface area (Å²) in [5.74, 6) is 2.18. The van der Waals surface area contributed by atoms with Gasteiger partial charge in [-0.05, 0) is 85.4 Å². The Kier molecular flexibility index (Phi) is 4.10. The molecule has 0 saturated heterocycles. The summed E-state index contributed by atoms with van der Waals surface area (Å²) < 4.78 is 0. The molecule has 24 heavy (non-hydrogen) atoms. The van der Waals surface area contributed by atoms with Crippen LogP contribution in [0.4, 0.5) is 0 Å². The van der Waals surface area contributed by atoms with Gasteiger partial charge in [0.05, 0.1) is 18.3 Å². The molecule has 0 bridgehead atoms. The van der Waals surface area contributed by atoms with E-state index in [-0.39, 0.29) is 23.4 Å². The van der Waals surface area contributed by atoms with Gasteiger partial charge in [0.15, 0.2) is 0 Å². The molecule has 4 aliphatic rings. The van der Waals surface area contributed by atoms with E-state index in [1.54, 1.807) is 0 Å². The van der Waals surface area contributed by atoms with Crippen LogP contribution in [0.1, 0.15) is 72.1 Å². The van der Waals surface area contributed by atoms with Crippen molar-refractivity contribution < 1.29 is 15.3 Å². The van der Waals surface area contributed by atoms with E-state index >= 15 is 0 Å². The number of rotatable bonds is 1. The van der Waals surface area contributed by atoms with Gasteiger partial charge in [0.1, 0.15) is 0 Å². The van der Waals surface area contributed by atoms with Gasteiger partial charge in [-0.2, -0.15) is 0 Å². The third-order valence-corrected chi connectivity index (χ3v) is 9.41. The highest BCUT2D eigenvalue weighted by Crippen LogP contribution is 2.67. The summed E-state index contributed by atoms with van der Waals surface area (Å²) in [4.78, 5) is 0. The normalized spacial score (nSPS) is 60.2. The standard InChI is InChI=1S/C21H36O3/c1-4-12-5-6-14-17-15(8-10-20(12,14)2)21(3)9-7-13(22)11-16(21)18(23)19(17)24/h12-19,22-24H,4-11H2,1-3H3/t12-,13+,14?,15?,16?,17?,18+,19?,20+,21+/m0/s1. The van der Waals surface area contributed by atoms with E-state index in [4.69, 9.17) is 0 Å². The van der Waals surface area contributed by atoms with Crippen LogP contribution < -0.4 is 0 Å². The highest BCUT2D eigenvalue weighted by molar-refractivity contribution is 5.13. The average Bonchev–Trinajstić information content (AvgIpc) is 2.90. The van der Waals surface area contributed by atoms with Crippen LogP contribution in [0.3, 0.4) is 0 Å². The SMILES string of the molecule is CC[C@H]1CCC2C3C(O)[C@H](O)C4C[C@H](O)CC[C@]4(C)C3CC[C@@]21C. The van der Waals surface area contributed by atoms with Crippen LogP contribution in [0.25, 0.3) is 0 Å². The Morgan fingerprint density at radius 3 is 2.17 bits per heavy atom.